The van der Waals surface area contributed by atoms with Crippen LogP contribution in [0, 0.1) is 0 Å². The lowest BCUT2D eigenvalue weighted by Crippen LogP contribution is -2.45. The van der Waals surface area contributed by atoms with Crippen molar-refractivity contribution in [3.8, 4) is 17.1 Å². The van der Waals surface area contributed by atoms with Gasteiger partial charge < -0.3 is 15.1 Å². The zero-order valence-corrected chi connectivity index (χ0v) is 19.3. The second-order valence-corrected chi connectivity index (χ2v) is 8.92. The number of rotatable bonds is 9. The Morgan fingerprint density at radius 2 is 1.66 bits per heavy atom. The van der Waals surface area contributed by atoms with E-state index >= 15 is 0 Å². The molecule has 0 saturated carbocycles. The number of carbonyl (C=O) groups is 1. The molecule has 3 aromatic rings. The smallest absolute Gasteiger partial charge is 0.230 e. The molecular formula is C24H30N6OS. The number of benzene rings is 2. The van der Waals surface area contributed by atoms with Gasteiger partial charge in [-0.15, -0.1) is 10.2 Å². The molecule has 32 heavy (non-hydrogen) atoms. The number of para-hydroxylation sites is 1. The van der Waals surface area contributed by atoms with Crippen molar-refractivity contribution in [3.05, 3.63) is 60.7 Å². The summed E-state index contributed by atoms with van der Waals surface area (Å²) in [6, 6.07) is 20.0. The molecule has 0 aliphatic carbocycles. The topological polar surface area (TPSA) is 66.3 Å². The minimum Gasteiger partial charge on any atom is -0.355 e. The fourth-order valence-corrected chi connectivity index (χ4v) is 4.51. The Balaban J connectivity index is 1.33. The van der Waals surface area contributed by atoms with Gasteiger partial charge in [0.2, 0.25) is 5.91 Å². The van der Waals surface area contributed by atoms with Crippen molar-refractivity contribution in [2.24, 2.45) is 0 Å². The first kappa shape index (κ1) is 22.5. The van der Waals surface area contributed by atoms with Crippen molar-refractivity contribution < 1.29 is 4.79 Å². The van der Waals surface area contributed by atoms with Crippen molar-refractivity contribution >= 4 is 17.7 Å². The molecule has 0 spiro atoms. The van der Waals surface area contributed by atoms with E-state index in [-0.39, 0.29) is 5.91 Å². The first-order valence-corrected chi connectivity index (χ1v) is 12.1. The fraction of sp³-hybridized carbons (Fsp3) is 0.375. The number of likely N-dealkylation sites (N-methyl/N-ethyl adjacent to an activating group) is 1. The van der Waals surface area contributed by atoms with Crippen LogP contribution in [-0.2, 0) is 4.79 Å². The molecule has 168 valence electrons. The van der Waals surface area contributed by atoms with Crippen molar-refractivity contribution in [2.75, 3.05) is 52.1 Å². The van der Waals surface area contributed by atoms with E-state index in [2.05, 4.69) is 32.4 Å². The minimum absolute atomic E-state index is 0.0252. The second kappa shape index (κ2) is 11.3. The lowest BCUT2D eigenvalue weighted by atomic mass is 10.2. The number of amides is 1. The Hall–Kier alpha value is -2.68. The zero-order chi connectivity index (χ0) is 22.2. The number of piperazine rings is 1. The van der Waals surface area contributed by atoms with Gasteiger partial charge in [0, 0.05) is 44.0 Å². The van der Waals surface area contributed by atoms with Gasteiger partial charge in [-0.25, -0.2) is 0 Å². The van der Waals surface area contributed by atoms with Crippen molar-refractivity contribution in [2.45, 2.75) is 11.6 Å². The van der Waals surface area contributed by atoms with Gasteiger partial charge in [0.05, 0.1) is 5.75 Å². The fourth-order valence-electron chi connectivity index (χ4n) is 3.73. The van der Waals surface area contributed by atoms with E-state index in [1.54, 1.807) is 0 Å². The zero-order valence-electron chi connectivity index (χ0n) is 18.5. The Morgan fingerprint density at radius 1 is 0.969 bits per heavy atom. The van der Waals surface area contributed by atoms with Crippen molar-refractivity contribution in [1.29, 1.82) is 0 Å². The molecule has 2 aromatic carbocycles. The van der Waals surface area contributed by atoms with Crippen LogP contribution in [-0.4, -0.2) is 82.5 Å². The molecule has 1 saturated heterocycles. The first-order valence-electron chi connectivity index (χ1n) is 11.1. The third-order valence-corrected chi connectivity index (χ3v) is 6.51. The molecule has 1 aliphatic rings. The molecule has 0 atom stereocenters. The van der Waals surface area contributed by atoms with E-state index in [1.165, 1.54) is 11.8 Å². The lowest BCUT2D eigenvalue weighted by Gasteiger charge is -2.32. The van der Waals surface area contributed by atoms with Crippen LogP contribution >= 0.6 is 11.8 Å². The summed E-state index contributed by atoms with van der Waals surface area (Å²) >= 11 is 1.41. The molecule has 0 radical (unpaired) electrons. The van der Waals surface area contributed by atoms with Crippen LogP contribution in [0.1, 0.15) is 6.42 Å². The Bertz CT molecular complexity index is 986. The molecule has 1 amide bonds. The summed E-state index contributed by atoms with van der Waals surface area (Å²) < 4.78 is 2.01. The average Bonchev–Trinajstić information content (AvgIpc) is 3.27. The van der Waals surface area contributed by atoms with Gasteiger partial charge in [0.25, 0.3) is 0 Å². The SMILES string of the molecule is CN1CCN(CCCNC(=O)CSc2nnc(-c3ccccc3)n2-c2ccccc2)CC1. The summed E-state index contributed by atoms with van der Waals surface area (Å²) in [5.74, 6) is 1.11. The van der Waals surface area contributed by atoms with E-state index in [0.717, 1.165) is 56.2 Å². The number of aromatic nitrogens is 3. The Kier molecular flexibility index (Phi) is 7.92. The maximum absolute atomic E-state index is 12.4. The molecule has 1 aliphatic heterocycles. The van der Waals surface area contributed by atoms with Crippen LogP contribution in [0.15, 0.2) is 65.8 Å². The van der Waals surface area contributed by atoms with E-state index in [1.807, 2.05) is 65.2 Å². The van der Waals surface area contributed by atoms with E-state index in [4.69, 9.17) is 0 Å². The molecule has 8 heteroatoms. The molecule has 0 bridgehead atoms. The highest BCUT2D eigenvalue weighted by Crippen LogP contribution is 2.27. The van der Waals surface area contributed by atoms with Gasteiger partial charge in [-0.1, -0.05) is 60.3 Å². The highest BCUT2D eigenvalue weighted by atomic mass is 32.2. The highest BCUT2D eigenvalue weighted by Gasteiger charge is 2.17. The van der Waals surface area contributed by atoms with Crippen LogP contribution in [0.5, 0.6) is 0 Å². The quantitative estimate of drug-likeness (QED) is 0.400. The van der Waals surface area contributed by atoms with E-state index < -0.39 is 0 Å². The van der Waals surface area contributed by atoms with Crippen molar-refractivity contribution in [1.82, 2.24) is 29.9 Å². The predicted molar refractivity (Wildman–Crippen MR) is 129 cm³/mol. The van der Waals surface area contributed by atoms with Crippen LogP contribution in [0.4, 0.5) is 0 Å². The summed E-state index contributed by atoms with van der Waals surface area (Å²) in [7, 11) is 2.16. The third kappa shape index (κ3) is 5.97. The van der Waals surface area contributed by atoms with E-state index in [0.29, 0.717) is 17.5 Å². The van der Waals surface area contributed by atoms with Gasteiger partial charge in [0.15, 0.2) is 11.0 Å². The summed E-state index contributed by atoms with van der Waals surface area (Å²) in [4.78, 5) is 17.2. The number of thioether (sulfide) groups is 1. The molecule has 0 unspecified atom stereocenters. The summed E-state index contributed by atoms with van der Waals surface area (Å²) in [5, 5.41) is 12.6. The number of nitrogens with one attached hydrogen (secondary N) is 1. The maximum atomic E-state index is 12.4. The standard InChI is InChI=1S/C24H30N6OS/c1-28-15-17-29(18-16-28)14-8-13-25-22(31)19-32-24-27-26-23(20-9-4-2-5-10-20)30(24)21-11-6-3-7-12-21/h2-7,9-12H,8,13-19H2,1H3,(H,25,31). The average molecular weight is 451 g/mol. The summed E-state index contributed by atoms with van der Waals surface area (Å²) in [5.41, 5.74) is 1.97. The molecule has 7 nitrogen and oxygen atoms in total. The molecule has 1 fully saturated rings. The summed E-state index contributed by atoms with van der Waals surface area (Å²) in [6.45, 7) is 6.20. The normalized spacial score (nSPS) is 15.0. The number of hydrogen-bond acceptors (Lipinski definition) is 6. The largest absolute Gasteiger partial charge is 0.355 e. The van der Waals surface area contributed by atoms with Crippen LogP contribution < -0.4 is 5.32 Å². The Morgan fingerprint density at radius 3 is 2.38 bits per heavy atom. The number of nitrogens with zero attached hydrogens (tertiary/aromatic N) is 5. The van der Waals surface area contributed by atoms with Gasteiger partial charge in [-0.2, -0.15) is 0 Å². The Labute approximate surface area is 193 Å². The van der Waals surface area contributed by atoms with Crippen LogP contribution in [0.2, 0.25) is 0 Å². The maximum Gasteiger partial charge on any atom is 0.230 e. The monoisotopic (exact) mass is 450 g/mol. The number of hydrogen-bond donors (Lipinski definition) is 1. The molecular weight excluding hydrogens is 420 g/mol. The van der Waals surface area contributed by atoms with Crippen molar-refractivity contribution in [3.63, 3.8) is 0 Å². The minimum atomic E-state index is 0.0252. The van der Waals surface area contributed by atoms with E-state index in [9.17, 15) is 4.79 Å². The molecule has 2 heterocycles. The number of carbonyl (C=O) groups excluding carboxylic acids is 1. The second-order valence-electron chi connectivity index (χ2n) is 7.98. The molecule has 4 rings (SSSR count). The highest BCUT2D eigenvalue weighted by molar-refractivity contribution is 7.99. The van der Waals surface area contributed by atoms with Crippen LogP contribution in [0.25, 0.3) is 17.1 Å². The predicted octanol–water partition coefficient (Wildman–Crippen LogP) is 2.78. The molecule has 1 aromatic heterocycles. The third-order valence-electron chi connectivity index (χ3n) is 5.58. The lowest BCUT2D eigenvalue weighted by molar-refractivity contribution is -0.118. The van der Waals surface area contributed by atoms with Crippen LogP contribution in [0.3, 0.4) is 0 Å². The first-order chi connectivity index (χ1) is 15.7. The van der Waals surface area contributed by atoms with Gasteiger partial charge >= 0.3 is 0 Å². The summed E-state index contributed by atoms with van der Waals surface area (Å²) in [6.07, 6.45) is 0.971. The van der Waals surface area contributed by atoms with Gasteiger partial charge in [-0.05, 0) is 32.1 Å². The van der Waals surface area contributed by atoms with Gasteiger partial charge in [0.1, 0.15) is 0 Å². The molecule has 1 N–H and O–H groups in total. The van der Waals surface area contributed by atoms with Gasteiger partial charge in [-0.3, -0.25) is 9.36 Å².